The van der Waals surface area contributed by atoms with Gasteiger partial charge in [0.2, 0.25) is 0 Å². The third kappa shape index (κ3) is 2.67. The molecule has 0 spiro atoms. The van der Waals surface area contributed by atoms with Crippen molar-refractivity contribution in [3.8, 4) is 0 Å². The lowest BCUT2D eigenvalue weighted by atomic mass is 10.0. The molecule has 1 fully saturated rings. The summed E-state index contributed by atoms with van der Waals surface area (Å²) in [5.41, 5.74) is 1.28. The van der Waals surface area contributed by atoms with Crippen molar-refractivity contribution in [3.63, 3.8) is 0 Å². The number of hydrogen-bond acceptors (Lipinski definition) is 1. The van der Waals surface area contributed by atoms with Crippen LogP contribution in [-0.4, -0.2) is 12.6 Å². The van der Waals surface area contributed by atoms with Crippen molar-refractivity contribution in [2.24, 2.45) is 0 Å². The van der Waals surface area contributed by atoms with E-state index in [1.54, 1.807) is 0 Å². The summed E-state index contributed by atoms with van der Waals surface area (Å²) >= 11 is 0. The van der Waals surface area contributed by atoms with Gasteiger partial charge in [0.05, 0.1) is 0 Å². The summed E-state index contributed by atoms with van der Waals surface area (Å²) in [7, 11) is 0. The van der Waals surface area contributed by atoms with Crippen LogP contribution in [0.4, 0.5) is 0 Å². The Bertz CT molecular complexity index is 185. The molecule has 1 N–H and O–H groups in total. The highest BCUT2D eigenvalue weighted by Crippen LogP contribution is 2.14. The molecular weight excluding hydrogens is 146 g/mol. The van der Waals surface area contributed by atoms with E-state index in [0.717, 1.165) is 6.42 Å². The van der Waals surface area contributed by atoms with Crippen LogP contribution in [0.5, 0.6) is 0 Å². The molecule has 1 unspecified atom stereocenters. The standard InChI is InChI=1S/C11H17N/c1-3-6-10(4-2)9-11-7-5-8-12-11/h3-4,6,11-12H,1-2,5,7-9H2/b10-6+. The van der Waals surface area contributed by atoms with Crippen LogP contribution < -0.4 is 5.32 Å². The lowest BCUT2D eigenvalue weighted by molar-refractivity contribution is 0.605. The molecule has 0 aromatic heterocycles. The first kappa shape index (κ1) is 9.27. The first-order valence-corrected chi connectivity index (χ1v) is 4.54. The first-order valence-electron chi connectivity index (χ1n) is 4.54. The topological polar surface area (TPSA) is 12.0 Å². The Kier molecular flexibility index (Phi) is 3.81. The molecule has 1 heterocycles. The molecule has 0 saturated carbocycles. The second-order valence-corrected chi connectivity index (χ2v) is 3.18. The lowest BCUT2D eigenvalue weighted by Gasteiger charge is -2.09. The summed E-state index contributed by atoms with van der Waals surface area (Å²) in [5, 5.41) is 3.46. The Morgan fingerprint density at radius 1 is 1.50 bits per heavy atom. The molecule has 0 radical (unpaired) electrons. The number of allylic oxidation sites excluding steroid dienone is 3. The van der Waals surface area contributed by atoms with Crippen LogP contribution in [0.3, 0.4) is 0 Å². The van der Waals surface area contributed by atoms with Gasteiger partial charge in [-0.1, -0.05) is 31.4 Å². The quantitative estimate of drug-likeness (QED) is 0.628. The Morgan fingerprint density at radius 2 is 2.33 bits per heavy atom. The predicted octanol–water partition coefficient (Wildman–Crippen LogP) is 2.43. The summed E-state index contributed by atoms with van der Waals surface area (Å²) in [6.07, 6.45) is 9.47. The van der Waals surface area contributed by atoms with E-state index in [0.29, 0.717) is 6.04 Å². The zero-order valence-electron chi connectivity index (χ0n) is 7.55. The van der Waals surface area contributed by atoms with Crippen molar-refractivity contribution in [3.05, 3.63) is 37.0 Å². The molecule has 0 bridgehead atoms. The van der Waals surface area contributed by atoms with Gasteiger partial charge in [-0.2, -0.15) is 0 Å². The molecule has 12 heavy (non-hydrogen) atoms. The fourth-order valence-corrected chi connectivity index (χ4v) is 1.59. The molecule has 0 aliphatic carbocycles. The molecule has 1 saturated heterocycles. The second-order valence-electron chi connectivity index (χ2n) is 3.18. The summed E-state index contributed by atoms with van der Waals surface area (Å²) in [6, 6.07) is 0.661. The average Bonchev–Trinajstić information content (AvgIpc) is 2.56. The summed E-state index contributed by atoms with van der Waals surface area (Å²) < 4.78 is 0. The molecule has 1 nitrogen and oxygen atoms in total. The number of hydrogen-bond donors (Lipinski definition) is 1. The Labute approximate surface area is 74.9 Å². The summed E-state index contributed by atoms with van der Waals surface area (Å²) in [6.45, 7) is 8.63. The molecule has 0 aromatic rings. The molecular formula is C11H17N. The van der Waals surface area contributed by atoms with Gasteiger partial charge >= 0.3 is 0 Å². The number of nitrogens with one attached hydrogen (secondary N) is 1. The van der Waals surface area contributed by atoms with Crippen molar-refractivity contribution < 1.29 is 0 Å². The van der Waals surface area contributed by atoms with Crippen LogP contribution in [0, 0.1) is 0 Å². The van der Waals surface area contributed by atoms with Gasteiger partial charge in [-0.3, -0.25) is 0 Å². The highest BCUT2D eigenvalue weighted by atomic mass is 14.9. The van der Waals surface area contributed by atoms with Gasteiger partial charge in [-0.05, 0) is 31.4 Å². The molecule has 1 rings (SSSR count). The zero-order chi connectivity index (χ0) is 8.81. The van der Waals surface area contributed by atoms with Crippen molar-refractivity contribution in [1.29, 1.82) is 0 Å². The predicted molar refractivity (Wildman–Crippen MR) is 54.1 cm³/mol. The average molecular weight is 163 g/mol. The minimum Gasteiger partial charge on any atom is -0.314 e. The zero-order valence-corrected chi connectivity index (χ0v) is 7.55. The van der Waals surface area contributed by atoms with Crippen molar-refractivity contribution in [1.82, 2.24) is 5.32 Å². The Morgan fingerprint density at radius 3 is 2.83 bits per heavy atom. The summed E-state index contributed by atoms with van der Waals surface area (Å²) in [4.78, 5) is 0. The molecule has 1 atom stereocenters. The molecule has 1 aliphatic heterocycles. The maximum Gasteiger partial charge on any atom is 0.0108 e. The summed E-state index contributed by atoms with van der Waals surface area (Å²) in [5.74, 6) is 0. The highest BCUT2D eigenvalue weighted by Gasteiger charge is 2.13. The van der Waals surface area contributed by atoms with Crippen LogP contribution >= 0.6 is 0 Å². The van der Waals surface area contributed by atoms with Crippen LogP contribution in [0.25, 0.3) is 0 Å². The maximum absolute atomic E-state index is 3.78. The minimum absolute atomic E-state index is 0.661. The van der Waals surface area contributed by atoms with Crippen molar-refractivity contribution >= 4 is 0 Å². The van der Waals surface area contributed by atoms with Crippen molar-refractivity contribution in [2.45, 2.75) is 25.3 Å². The van der Waals surface area contributed by atoms with Crippen LogP contribution in [0.2, 0.25) is 0 Å². The smallest absolute Gasteiger partial charge is 0.0108 e. The molecule has 0 aromatic carbocycles. The molecule has 66 valence electrons. The third-order valence-electron chi connectivity index (χ3n) is 2.24. The van der Waals surface area contributed by atoms with Crippen LogP contribution in [0.15, 0.2) is 37.0 Å². The van der Waals surface area contributed by atoms with E-state index in [4.69, 9.17) is 0 Å². The van der Waals surface area contributed by atoms with E-state index in [2.05, 4.69) is 18.5 Å². The van der Waals surface area contributed by atoms with Gasteiger partial charge in [-0.15, -0.1) is 0 Å². The van der Waals surface area contributed by atoms with E-state index in [9.17, 15) is 0 Å². The molecule has 1 heteroatoms. The normalized spacial score (nSPS) is 24.0. The maximum atomic E-state index is 3.78. The Hall–Kier alpha value is -0.820. The van der Waals surface area contributed by atoms with Gasteiger partial charge in [0, 0.05) is 6.04 Å². The van der Waals surface area contributed by atoms with E-state index in [1.807, 2.05) is 18.2 Å². The van der Waals surface area contributed by atoms with E-state index in [1.165, 1.54) is 25.0 Å². The van der Waals surface area contributed by atoms with Gasteiger partial charge in [0.25, 0.3) is 0 Å². The van der Waals surface area contributed by atoms with Gasteiger partial charge < -0.3 is 5.32 Å². The third-order valence-corrected chi connectivity index (χ3v) is 2.24. The molecule has 1 aliphatic rings. The van der Waals surface area contributed by atoms with Crippen molar-refractivity contribution in [2.75, 3.05) is 6.54 Å². The lowest BCUT2D eigenvalue weighted by Crippen LogP contribution is -2.21. The number of rotatable bonds is 4. The fourth-order valence-electron chi connectivity index (χ4n) is 1.59. The SMILES string of the molecule is C=C/C=C(\C=C)CC1CCCN1. The minimum atomic E-state index is 0.661. The van der Waals surface area contributed by atoms with Gasteiger partial charge in [0.15, 0.2) is 0 Å². The largest absolute Gasteiger partial charge is 0.314 e. The van der Waals surface area contributed by atoms with E-state index in [-0.39, 0.29) is 0 Å². The van der Waals surface area contributed by atoms with Crippen LogP contribution in [0.1, 0.15) is 19.3 Å². The van der Waals surface area contributed by atoms with Crippen LogP contribution in [-0.2, 0) is 0 Å². The molecule has 0 amide bonds. The first-order chi connectivity index (χ1) is 5.86. The highest BCUT2D eigenvalue weighted by molar-refractivity contribution is 5.22. The monoisotopic (exact) mass is 163 g/mol. The van der Waals surface area contributed by atoms with Gasteiger partial charge in [-0.25, -0.2) is 0 Å². The second kappa shape index (κ2) is 4.94. The fraction of sp³-hybridized carbons (Fsp3) is 0.455. The van der Waals surface area contributed by atoms with Gasteiger partial charge in [0.1, 0.15) is 0 Å². The van der Waals surface area contributed by atoms with E-state index < -0.39 is 0 Å². The van der Waals surface area contributed by atoms with E-state index >= 15 is 0 Å². The Balaban J connectivity index is 2.40.